The van der Waals surface area contributed by atoms with Gasteiger partial charge < -0.3 is 0 Å². The molecule has 0 aliphatic carbocycles. The van der Waals surface area contributed by atoms with Crippen LogP contribution in [-0.2, 0) is 9.05 Å². The number of hydrogen-bond acceptors (Lipinski definition) is 6. The summed E-state index contributed by atoms with van der Waals surface area (Å²) < 4.78 is 13.0. The number of aryl methyl sites for hydroxylation is 2. The molecule has 0 saturated heterocycles. The van der Waals surface area contributed by atoms with Crippen LogP contribution < -0.4 is 15.7 Å². The molecule has 6 nitrogen and oxygen atoms in total. The quantitative estimate of drug-likeness (QED) is 0.645. The van der Waals surface area contributed by atoms with Crippen LogP contribution in [0.15, 0.2) is 89.1 Å². The predicted octanol–water partition coefficient (Wildman–Crippen LogP) is 4.11. The second kappa shape index (κ2) is 6.33. The van der Waals surface area contributed by atoms with Crippen molar-refractivity contribution in [3.8, 4) is 0 Å². The van der Waals surface area contributed by atoms with Gasteiger partial charge in [-0.25, -0.2) is 0 Å². The van der Waals surface area contributed by atoms with E-state index in [9.17, 15) is 0 Å². The van der Waals surface area contributed by atoms with Crippen LogP contribution in [0.5, 0.6) is 0 Å². The molecule has 0 bridgehead atoms. The summed E-state index contributed by atoms with van der Waals surface area (Å²) in [5.74, 6) is 0.943. The molecule has 0 atom stereocenters. The van der Waals surface area contributed by atoms with Crippen molar-refractivity contribution in [2.75, 3.05) is 0 Å². The summed E-state index contributed by atoms with van der Waals surface area (Å²) in [4.78, 5) is 0. The van der Waals surface area contributed by atoms with Gasteiger partial charge in [0.1, 0.15) is 0 Å². The Hall–Kier alpha value is -3.37. The summed E-state index contributed by atoms with van der Waals surface area (Å²) in [7, 11) is -3.82. The molecule has 2 N–H and O–H groups in total. The van der Waals surface area contributed by atoms with E-state index in [1.165, 1.54) is 11.1 Å². The van der Waals surface area contributed by atoms with Gasteiger partial charge in [0, 0.05) is 0 Å². The molecule has 0 amide bonds. The molecule has 2 aliphatic heterocycles. The van der Waals surface area contributed by atoms with Crippen LogP contribution in [0.2, 0.25) is 0 Å². The van der Waals surface area contributed by atoms with Gasteiger partial charge in [0.05, 0.1) is 0 Å². The molecule has 2 heterocycles. The van der Waals surface area contributed by atoms with E-state index in [0.717, 1.165) is 16.4 Å². The van der Waals surface area contributed by atoms with Gasteiger partial charge in [0.15, 0.2) is 0 Å². The van der Waals surface area contributed by atoms with Crippen LogP contribution in [0, 0.1) is 13.8 Å². The molecule has 0 unspecified atom stereocenters. The standard InChI is InChI=1S/C22H21N4O2P/c1-16-8-12-18(13-9-16)21-23-25-29(27-21,20-6-4-3-5-7-20)26-24-22(28-29)19-14-10-17(2)11-15-19/h3-15,25-26H,1-2H3. The number of rotatable bonds is 3. The third kappa shape index (κ3) is 2.84. The van der Waals surface area contributed by atoms with Gasteiger partial charge >= 0.3 is 169 Å². The molecule has 29 heavy (non-hydrogen) atoms. The van der Waals surface area contributed by atoms with E-state index in [0.29, 0.717) is 11.8 Å². The third-order valence-corrected chi connectivity index (χ3v) is 8.22. The van der Waals surface area contributed by atoms with E-state index < -0.39 is 7.36 Å². The molecule has 2 aliphatic rings. The van der Waals surface area contributed by atoms with E-state index >= 15 is 0 Å². The third-order valence-electron chi connectivity index (χ3n) is 5.01. The molecule has 0 saturated carbocycles. The Balaban J connectivity index is 1.54. The molecular weight excluding hydrogens is 383 g/mol. The van der Waals surface area contributed by atoms with E-state index in [-0.39, 0.29) is 0 Å². The normalized spacial score (nSPS) is 19.6. The molecule has 0 aromatic heterocycles. The maximum atomic E-state index is 6.51. The number of hydrazone groups is 2. The number of hydrogen-bond donors (Lipinski definition) is 2. The zero-order chi connectivity index (χ0) is 19.9. The van der Waals surface area contributed by atoms with Crippen molar-refractivity contribution in [1.82, 2.24) is 10.4 Å². The van der Waals surface area contributed by atoms with Gasteiger partial charge in [-0.05, 0) is 0 Å². The molecule has 3 aromatic rings. The zero-order valence-corrected chi connectivity index (χ0v) is 17.1. The summed E-state index contributed by atoms with van der Waals surface area (Å²) in [5.41, 5.74) is 4.08. The topological polar surface area (TPSA) is 67.2 Å². The van der Waals surface area contributed by atoms with Crippen LogP contribution in [0.3, 0.4) is 0 Å². The minimum atomic E-state index is -3.82. The first-order valence-corrected chi connectivity index (χ1v) is 11.5. The monoisotopic (exact) mass is 404 g/mol. The first kappa shape index (κ1) is 17.7. The summed E-state index contributed by atoms with van der Waals surface area (Å²) in [6, 6.07) is 25.8. The van der Waals surface area contributed by atoms with Crippen molar-refractivity contribution >= 4 is 24.5 Å². The summed E-state index contributed by atoms with van der Waals surface area (Å²) in [6.07, 6.45) is 0. The van der Waals surface area contributed by atoms with Gasteiger partial charge in [-0.1, -0.05) is 0 Å². The van der Waals surface area contributed by atoms with E-state index in [1.54, 1.807) is 0 Å². The number of nitrogens with one attached hydrogen (secondary N) is 2. The Labute approximate surface area is 169 Å². The molecule has 7 heteroatoms. The van der Waals surface area contributed by atoms with Crippen LogP contribution in [0.4, 0.5) is 0 Å². The molecule has 146 valence electrons. The number of nitrogens with zero attached hydrogens (tertiary/aromatic N) is 2. The van der Waals surface area contributed by atoms with Crippen molar-refractivity contribution in [3.63, 3.8) is 0 Å². The fraction of sp³-hybridized carbons (Fsp3) is 0.0909. The minimum absolute atomic E-state index is 0.472. The molecule has 5 rings (SSSR count). The van der Waals surface area contributed by atoms with Crippen LogP contribution in [-0.4, -0.2) is 11.8 Å². The van der Waals surface area contributed by atoms with Crippen LogP contribution >= 0.6 is 7.36 Å². The van der Waals surface area contributed by atoms with Crippen molar-refractivity contribution in [2.24, 2.45) is 10.2 Å². The van der Waals surface area contributed by atoms with Gasteiger partial charge in [-0.3, -0.25) is 0 Å². The molecule has 1 spiro atoms. The van der Waals surface area contributed by atoms with Crippen molar-refractivity contribution < 1.29 is 9.05 Å². The van der Waals surface area contributed by atoms with Gasteiger partial charge in [-0.2, -0.15) is 0 Å². The first-order valence-electron chi connectivity index (χ1n) is 9.39. The molecule has 3 aromatic carbocycles. The predicted molar refractivity (Wildman–Crippen MR) is 117 cm³/mol. The summed E-state index contributed by atoms with van der Waals surface area (Å²) in [5, 5.41) is 16.2. The Morgan fingerprint density at radius 1 is 0.621 bits per heavy atom. The van der Waals surface area contributed by atoms with Gasteiger partial charge in [0.2, 0.25) is 0 Å². The SMILES string of the molecule is Cc1ccc(C2=NNP3(c4ccccc4)(NN=C(c4ccc(C)cc4)O3)O2)cc1. The average molecular weight is 404 g/mol. The maximum absolute atomic E-state index is 6.51. The molecule has 0 fully saturated rings. The molecule has 0 radical (unpaired) electrons. The average Bonchev–Trinajstić information content (AvgIpc) is 3.34. The first-order chi connectivity index (χ1) is 14.1. The number of benzene rings is 3. The fourth-order valence-corrected chi connectivity index (χ4v) is 6.21. The van der Waals surface area contributed by atoms with Crippen molar-refractivity contribution in [2.45, 2.75) is 13.8 Å². The second-order valence-corrected chi connectivity index (χ2v) is 10.4. The fourth-order valence-electron chi connectivity index (χ4n) is 3.31. The summed E-state index contributed by atoms with van der Waals surface area (Å²) >= 11 is 0. The van der Waals surface area contributed by atoms with Crippen molar-refractivity contribution in [1.29, 1.82) is 0 Å². The molecular formula is C22H21N4O2P. The Morgan fingerprint density at radius 2 is 1.07 bits per heavy atom. The zero-order valence-electron chi connectivity index (χ0n) is 16.2. The second-order valence-electron chi connectivity index (χ2n) is 7.24. The van der Waals surface area contributed by atoms with Crippen molar-refractivity contribution in [3.05, 3.63) is 101 Å². The van der Waals surface area contributed by atoms with Crippen LogP contribution in [0.1, 0.15) is 22.3 Å². The van der Waals surface area contributed by atoms with Gasteiger partial charge in [-0.15, -0.1) is 0 Å². The van der Waals surface area contributed by atoms with Gasteiger partial charge in [0.25, 0.3) is 0 Å². The van der Waals surface area contributed by atoms with E-state index in [2.05, 4.69) is 20.6 Å². The Morgan fingerprint density at radius 3 is 1.52 bits per heavy atom. The van der Waals surface area contributed by atoms with E-state index in [4.69, 9.17) is 9.05 Å². The Bertz CT molecular complexity index is 1050. The summed E-state index contributed by atoms with van der Waals surface area (Å²) in [6.45, 7) is 4.09. The van der Waals surface area contributed by atoms with Crippen LogP contribution in [0.25, 0.3) is 0 Å². The Kier molecular flexibility index (Phi) is 3.86. The van der Waals surface area contributed by atoms with E-state index in [1.807, 2.05) is 92.7 Å².